The van der Waals surface area contributed by atoms with Gasteiger partial charge in [0, 0.05) is 4.47 Å². The number of nitrogens with one attached hydrogen (secondary N) is 2. The first-order chi connectivity index (χ1) is 10.4. The normalized spacial score (nSPS) is 13.6. The van der Waals surface area contributed by atoms with Crippen LogP contribution in [0, 0.1) is 0 Å². The van der Waals surface area contributed by atoms with Gasteiger partial charge < -0.3 is 10.2 Å². The van der Waals surface area contributed by atoms with Crippen LogP contribution in [0.1, 0.15) is 23.4 Å². The third kappa shape index (κ3) is 5.39. The van der Waals surface area contributed by atoms with Crippen LogP contribution in [-0.2, 0) is 11.3 Å². The standard InChI is InChI=1S/C16H18BrClN2OS/c1-11(12-3-5-13(17)6-4-12)19-16(21)10-20(2)9-14-7-8-15(18)22-14/h3-8,11H,9-10H2,1-2H3,(H,19,21)/p+1/t11-/m0/s1. The van der Waals surface area contributed by atoms with Crippen LogP contribution in [0.4, 0.5) is 0 Å². The fourth-order valence-corrected chi connectivity index (χ4v) is 3.67. The number of benzene rings is 1. The molecule has 2 rings (SSSR count). The van der Waals surface area contributed by atoms with Gasteiger partial charge in [-0.3, -0.25) is 4.79 Å². The number of likely N-dealkylation sites (N-methyl/N-ethyl adjacent to an activating group) is 1. The fraction of sp³-hybridized carbons (Fsp3) is 0.312. The highest BCUT2D eigenvalue weighted by molar-refractivity contribution is 9.10. The zero-order valence-corrected chi connectivity index (χ0v) is 15.7. The zero-order valence-electron chi connectivity index (χ0n) is 12.5. The molecule has 1 heterocycles. The molecule has 1 unspecified atom stereocenters. The van der Waals surface area contributed by atoms with E-state index in [0.717, 1.165) is 25.8 Å². The second-order valence-electron chi connectivity index (χ2n) is 5.36. The van der Waals surface area contributed by atoms with Gasteiger partial charge in [-0.2, -0.15) is 0 Å². The molecular weight excluding hydrogens is 384 g/mol. The van der Waals surface area contributed by atoms with Crippen molar-refractivity contribution in [1.29, 1.82) is 0 Å². The van der Waals surface area contributed by atoms with Crippen LogP contribution in [-0.4, -0.2) is 19.5 Å². The van der Waals surface area contributed by atoms with E-state index in [0.29, 0.717) is 6.54 Å². The second-order valence-corrected chi connectivity index (χ2v) is 8.07. The van der Waals surface area contributed by atoms with Crippen molar-refractivity contribution in [2.45, 2.75) is 19.5 Å². The van der Waals surface area contributed by atoms with E-state index >= 15 is 0 Å². The van der Waals surface area contributed by atoms with Crippen LogP contribution < -0.4 is 10.2 Å². The molecule has 0 fully saturated rings. The summed E-state index contributed by atoms with van der Waals surface area (Å²) in [7, 11) is 2.01. The molecule has 22 heavy (non-hydrogen) atoms. The largest absolute Gasteiger partial charge is 0.345 e. The summed E-state index contributed by atoms with van der Waals surface area (Å²) in [6, 6.07) is 11.9. The topological polar surface area (TPSA) is 33.5 Å². The quantitative estimate of drug-likeness (QED) is 0.765. The van der Waals surface area contributed by atoms with Gasteiger partial charge in [-0.15, -0.1) is 11.3 Å². The van der Waals surface area contributed by atoms with E-state index in [1.165, 1.54) is 4.88 Å². The first-order valence-electron chi connectivity index (χ1n) is 7.04. The molecule has 118 valence electrons. The zero-order chi connectivity index (χ0) is 16.1. The van der Waals surface area contributed by atoms with Gasteiger partial charge in [0.15, 0.2) is 6.54 Å². The average Bonchev–Trinajstić information content (AvgIpc) is 2.84. The number of halogens is 2. The molecule has 6 heteroatoms. The van der Waals surface area contributed by atoms with Crippen molar-refractivity contribution in [2.75, 3.05) is 13.6 Å². The number of hydrogen-bond acceptors (Lipinski definition) is 2. The minimum absolute atomic E-state index is 0.00424. The lowest BCUT2D eigenvalue weighted by atomic mass is 10.1. The molecule has 2 N–H and O–H groups in total. The van der Waals surface area contributed by atoms with Crippen molar-refractivity contribution in [1.82, 2.24) is 5.32 Å². The highest BCUT2D eigenvalue weighted by Gasteiger charge is 2.14. The maximum absolute atomic E-state index is 12.1. The van der Waals surface area contributed by atoms with Crippen LogP contribution in [0.2, 0.25) is 4.34 Å². The molecule has 0 radical (unpaired) electrons. The highest BCUT2D eigenvalue weighted by atomic mass is 79.9. The molecule has 0 aliphatic heterocycles. The van der Waals surface area contributed by atoms with Gasteiger partial charge in [0.05, 0.1) is 22.3 Å². The third-order valence-electron chi connectivity index (χ3n) is 3.31. The number of thiophene rings is 1. The molecule has 0 aliphatic carbocycles. The lowest BCUT2D eigenvalue weighted by molar-refractivity contribution is -0.885. The number of hydrogen-bond donors (Lipinski definition) is 2. The summed E-state index contributed by atoms with van der Waals surface area (Å²) < 4.78 is 1.82. The summed E-state index contributed by atoms with van der Waals surface area (Å²) in [5, 5.41) is 3.04. The summed E-state index contributed by atoms with van der Waals surface area (Å²) in [5.74, 6) is 0.0515. The Morgan fingerprint density at radius 1 is 1.32 bits per heavy atom. The van der Waals surface area contributed by atoms with E-state index in [-0.39, 0.29) is 11.9 Å². The van der Waals surface area contributed by atoms with Gasteiger partial charge in [0.1, 0.15) is 6.54 Å². The first kappa shape index (κ1) is 17.5. The Labute approximate surface area is 148 Å². The maximum Gasteiger partial charge on any atom is 0.275 e. The molecule has 0 aliphatic rings. The van der Waals surface area contributed by atoms with Gasteiger partial charge in [0.2, 0.25) is 0 Å². The number of amides is 1. The molecule has 2 aromatic rings. The monoisotopic (exact) mass is 401 g/mol. The van der Waals surface area contributed by atoms with E-state index in [2.05, 4.69) is 21.2 Å². The van der Waals surface area contributed by atoms with Crippen LogP contribution in [0.3, 0.4) is 0 Å². The number of rotatable bonds is 6. The minimum Gasteiger partial charge on any atom is -0.345 e. The molecule has 3 nitrogen and oxygen atoms in total. The summed E-state index contributed by atoms with van der Waals surface area (Å²) >= 11 is 10.9. The van der Waals surface area contributed by atoms with Crippen LogP contribution in [0.5, 0.6) is 0 Å². The molecule has 0 saturated carbocycles. The van der Waals surface area contributed by atoms with Crippen molar-refractivity contribution < 1.29 is 9.69 Å². The van der Waals surface area contributed by atoms with Crippen molar-refractivity contribution >= 4 is 44.8 Å². The fourth-order valence-electron chi connectivity index (χ4n) is 2.21. The number of quaternary nitrogens is 1. The molecular formula is C16H19BrClN2OS+. The molecule has 1 amide bonds. The molecule has 0 bridgehead atoms. The summed E-state index contributed by atoms with van der Waals surface area (Å²) in [5.41, 5.74) is 1.10. The molecule has 1 aromatic heterocycles. The number of carbonyl (C=O) groups excluding carboxylic acids is 1. The lowest BCUT2D eigenvalue weighted by Gasteiger charge is -2.17. The van der Waals surface area contributed by atoms with Gasteiger partial charge in [-0.1, -0.05) is 39.7 Å². The van der Waals surface area contributed by atoms with Crippen molar-refractivity contribution in [3.05, 3.63) is 55.6 Å². The number of carbonyl (C=O) groups is 1. The van der Waals surface area contributed by atoms with E-state index in [4.69, 9.17) is 11.6 Å². The van der Waals surface area contributed by atoms with E-state index in [1.54, 1.807) is 11.3 Å². The minimum atomic E-state index is 0.00424. The SMILES string of the molecule is C[C@H](NC(=O)C[NH+](C)Cc1ccc(Cl)s1)c1ccc(Br)cc1. The van der Waals surface area contributed by atoms with Gasteiger partial charge >= 0.3 is 0 Å². The lowest BCUT2D eigenvalue weighted by Crippen LogP contribution is -3.08. The summed E-state index contributed by atoms with van der Waals surface area (Å²) in [6.07, 6.45) is 0. The van der Waals surface area contributed by atoms with Gasteiger partial charge in [-0.05, 0) is 36.8 Å². The van der Waals surface area contributed by atoms with Crippen molar-refractivity contribution in [3.8, 4) is 0 Å². The van der Waals surface area contributed by atoms with Crippen LogP contribution in [0.25, 0.3) is 0 Å². The summed E-state index contributed by atoms with van der Waals surface area (Å²) in [6.45, 7) is 3.24. The van der Waals surface area contributed by atoms with Crippen LogP contribution >= 0.6 is 38.9 Å². The smallest absolute Gasteiger partial charge is 0.275 e. The second kappa shape index (κ2) is 8.11. The predicted octanol–water partition coefficient (Wildman–Crippen LogP) is 3.06. The Balaban J connectivity index is 1.82. The predicted molar refractivity (Wildman–Crippen MR) is 95.5 cm³/mol. The molecule has 0 spiro atoms. The third-order valence-corrected chi connectivity index (χ3v) is 5.07. The Morgan fingerprint density at radius 2 is 2.00 bits per heavy atom. The Bertz CT molecular complexity index is 629. The molecule has 2 atom stereocenters. The Morgan fingerprint density at radius 3 is 2.59 bits per heavy atom. The highest BCUT2D eigenvalue weighted by Crippen LogP contribution is 2.20. The molecule has 1 aromatic carbocycles. The van der Waals surface area contributed by atoms with Gasteiger partial charge in [-0.25, -0.2) is 0 Å². The first-order valence-corrected chi connectivity index (χ1v) is 9.03. The average molecular weight is 403 g/mol. The molecule has 0 saturated heterocycles. The van der Waals surface area contributed by atoms with E-state index in [9.17, 15) is 4.79 Å². The van der Waals surface area contributed by atoms with Crippen molar-refractivity contribution in [2.24, 2.45) is 0 Å². The van der Waals surface area contributed by atoms with Crippen molar-refractivity contribution in [3.63, 3.8) is 0 Å². The Hall–Kier alpha value is -0.880. The van der Waals surface area contributed by atoms with E-state index < -0.39 is 0 Å². The summed E-state index contributed by atoms with van der Waals surface area (Å²) in [4.78, 5) is 14.5. The maximum atomic E-state index is 12.1. The van der Waals surface area contributed by atoms with Crippen LogP contribution in [0.15, 0.2) is 40.9 Å². The van der Waals surface area contributed by atoms with Gasteiger partial charge in [0.25, 0.3) is 5.91 Å². The Kier molecular flexibility index (Phi) is 6.44. The van der Waals surface area contributed by atoms with E-state index in [1.807, 2.05) is 50.4 Å².